The lowest BCUT2D eigenvalue weighted by Gasteiger charge is -2.40. The van der Waals surface area contributed by atoms with E-state index in [1.165, 1.54) is 22.3 Å². The minimum Gasteiger partial charge on any atom is -0.305 e. The van der Waals surface area contributed by atoms with Crippen LogP contribution in [0, 0.1) is 13.8 Å². The Morgan fingerprint density at radius 3 is 2.26 bits per heavy atom. The van der Waals surface area contributed by atoms with Gasteiger partial charge in [-0.25, -0.2) is 0 Å². The summed E-state index contributed by atoms with van der Waals surface area (Å²) in [5.74, 6) is 0.400. The molecule has 1 aliphatic heterocycles. The lowest BCUT2D eigenvalue weighted by atomic mass is 9.80. The summed E-state index contributed by atoms with van der Waals surface area (Å²) in [5, 5.41) is 0. The van der Waals surface area contributed by atoms with Crippen LogP contribution in [0.1, 0.15) is 51.9 Å². The first-order chi connectivity index (χ1) is 13.0. The second-order valence-electron chi connectivity index (χ2n) is 7.65. The van der Waals surface area contributed by atoms with Crippen molar-refractivity contribution in [3.8, 4) is 0 Å². The molecule has 27 heavy (non-hydrogen) atoms. The first kappa shape index (κ1) is 17.5. The lowest BCUT2D eigenvalue weighted by Crippen LogP contribution is -2.43. The number of benzene rings is 3. The zero-order valence-corrected chi connectivity index (χ0v) is 16.1. The van der Waals surface area contributed by atoms with Crippen LogP contribution in [0.5, 0.6) is 0 Å². The Morgan fingerprint density at radius 1 is 0.889 bits per heavy atom. The Morgan fingerprint density at radius 2 is 1.56 bits per heavy atom. The summed E-state index contributed by atoms with van der Waals surface area (Å²) in [5.41, 5.74) is 6.75. The molecule has 2 unspecified atom stereocenters. The van der Waals surface area contributed by atoms with Crippen LogP contribution >= 0.6 is 0 Å². The molecule has 0 aliphatic carbocycles. The van der Waals surface area contributed by atoms with Crippen molar-refractivity contribution in [2.75, 3.05) is 4.90 Å². The Kier molecular flexibility index (Phi) is 4.57. The Bertz CT molecular complexity index is 959. The molecule has 0 aromatic heterocycles. The fraction of sp³-hybridized carbons (Fsp3) is 0.240. The van der Waals surface area contributed by atoms with Crippen LogP contribution in [0.3, 0.4) is 0 Å². The van der Waals surface area contributed by atoms with Crippen LogP contribution in [0.25, 0.3) is 0 Å². The van der Waals surface area contributed by atoms with Crippen LogP contribution in [0.15, 0.2) is 72.8 Å². The molecule has 2 nitrogen and oxygen atoms in total. The van der Waals surface area contributed by atoms with Gasteiger partial charge in [-0.1, -0.05) is 65.7 Å². The second-order valence-corrected chi connectivity index (χ2v) is 7.65. The number of aryl methyl sites for hydroxylation is 2. The fourth-order valence-electron chi connectivity index (χ4n) is 4.13. The number of rotatable bonds is 2. The summed E-state index contributed by atoms with van der Waals surface area (Å²) in [7, 11) is 0. The molecule has 1 amide bonds. The molecule has 0 radical (unpaired) electrons. The van der Waals surface area contributed by atoms with Crippen LogP contribution in [-0.4, -0.2) is 11.9 Å². The predicted octanol–water partition coefficient (Wildman–Crippen LogP) is 5.87. The number of nitrogens with zero attached hydrogens (tertiary/aromatic N) is 1. The third-order valence-corrected chi connectivity index (χ3v) is 5.55. The maximum atomic E-state index is 13.3. The monoisotopic (exact) mass is 355 g/mol. The van der Waals surface area contributed by atoms with Crippen molar-refractivity contribution in [1.29, 1.82) is 0 Å². The van der Waals surface area contributed by atoms with E-state index in [0.717, 1.165) is 17.7 Å². The highest BCUT2D eigenvalue weighted by Gasteiger charge is 2.34. The summed E-state index contributed by atoms with van der Waals surface area (Å²) in [6.07, 6.45) is 0.929. The fourth-order valence-corrected chi connectivity index (χ4v) is 4.13. The molecular formula is C25H25NO. The first-order valence-electron chi connectivity index (χ1n) is 9.60. The number of anilines is 1. The zero-order valence-electron chi connectivity index (χ0n) is 16.1. The van der Waals surface area contributed by atoms with Crippen molar-refractivity contribution in [3.05, 3.63) is 101 Å². The standard InChI is InChI=1S/C25H25NO/c1-17-9-12-21(13-10-17)25(27)26-19(3)16-22(20-7-5-4-6-8-20)23-15-18(2)11-14-24(23)26/h4-15,19,22H,16H2,1-3H3. The van der Waals surface area contributed by atoms with Crippen molar-refractivity contribution in [1.82, 2.24) is 0 Å². The topological polar surface area (TPSA) is 20.3 Å². The normalized spacial score (nSPS) is 18.9. The van der Waals surface area contributed by atoms with Gasteiger partial charge in [-0.05, 0) is 56.5 Å². The minimum atomic E-state index is 0.0825. The predicted molar refractivity (Wildman–Crippen MR) is 112 cm³/mol. The highest BCUT2D eigenvalue weighted by Crippen LogP contribution is 2.43. The molecule has 2 atom stereocenters. The molecular weight excluding hydrogens is 330 g/mol. The summed E-state index contributed by atoms with van der Waals surface area (Å²) in [6, 6.07) is 25.1. The summed E-state index contributed by atoms with van der Waals surface area (Å²) < 4.78 is 0. The number of hydrogen-bond acceptors (Lipinski definition) is 1. The van der Waals surface area contributed by atoms with E-state index in [2.05, 4.69) is 62.4 Å². The molecule has 4 rings (SSSR count). The largest absolute Gasteiger partial charge is 0.305 e. The molecule has 3 aromatic rings. The van der Waals surface area contributed by atoms with Gasteiger partial charge in [-0.15, -0.1) is 0 Å². The SMILES string of the molecule is Cc1ccc(C(=O)N2c3ccc(C)cc3C(c3ccccc3)CC2C)cc1. The van der Waals surface area contributed by atoms with Gasteiger partial charge in [0.15, 0.2) is 0 Å². The minimum absolute atomic E-state index is 0.0825. The number of carbonyl (C=O) groups excluding carboxylic acids is 1. The smallest absolute Gasteiger partial charge is 0.258 e. The van der Waals surface area contributed by atoms with Gasteiger partial charge in [-0.3, -0.25) is 4.79 Å². The van der Waals surface area contributed by atoms with Gasteiger partial charge in [0, 0.05) is 23.2 Å². The van der Waals surface area contributed by atoms with E-state index in [1.54, 1.807) is 0 Å². The summed E-state index contributed by atoms with van der Waals surface area (Å²) in [4.78, 5) is 15.3. The summed E-state index contributed by atoms with van der Waals surface area (Å²) in [6.45, 7) is 6.32. The van der Waals surface area contributed by atoms with Crippen molar-refractivity contribution in [3.63, 3.8) is 0 Å². The van der Waals surface area contributed by atoms with Gasteiger partial charge >= 0.3 is 0 Å². The number of hydrogen-bond donors (Lipinski definition) is 0. The van der Waals surface area contributed by atoms with Crippen LogP contribution in [0.2, 0.25) is 0 Å². The van der Waals surface area contributed by atoms with E-state index in [4.69, 9.17) is 0 Å². The Hall–Kier alpha value is -2.87. The maximum Gasteiger partial charge on any atom is 0.258 e. The highest BCUT2D eigenvalue weighted by molar-refractivity contribution is 6.07. The maximum absolute atomic E-state index is 13.3. The van der Waals surface area contributed by atoms with E-state index in [-0.39, 0.29) is 11.9 Å². The quantitative estimate of drug-likeness (QED) is 0.562. The van der Waals surface area contributed by atoms with Gasteiger partial charge in [-0.2, -0.15) is 0 Å². The number of fused-ring (bicyclic) bond motifs is 1. The van der Waals surface area contributed by atoms with E-state index in [9.17, 15) is 4.79 Å². The Labute approximate surface area is 161 Å². The van der Waals surface area contributed by atoms with E-state index in [0.29, 0.717) is 5.92 Å². The molecule has 0 bridgehead atoms. The average Bonchev–Trinajstić information content (AvgIpc) is 2.68. The van der Waals surface area contributed by atoms with Gasteiger partial charge < -0.3 is 4.90 Å². The van der Waals surface area contributed by atoms with Crippen molar-refractivity contribution >= 4 is 11.6 Å². The van der Waals surface area contributed by atoms with Crippen LogP contribution < -0.4 is 4.90 Å². The van der Waals surface area contributed by atoms with Crippen molar-refractivity contribution in [2.24, 2.45) is 0 Å². The Balaban J connectivity index is 1.80. The van der Waals surface area contributed by atoms with Crippen molar-refractivity contribution < 1.29 is 4.79 Å². The average molecular weight is 355 g/mol. The van der Waals surface area contributed by atoms with Crippen molar-refractivity contribution in [2.45, 2.75) is 39.2 Å². The van der Waals surface area contributed by atoms with Crippen LogP contribution in [-0.2, 0) is 0 Å². The van der Waals surface area contributed by atoms with Gasteiger partial charge in [0.25, 0.3) is 5.91 Å². The van der Waals surface area contributed by atoms with Crippen LogP contribution in [0.4, 0.5) is 5.69 Å². The number of carbonyl (C=O) groups is 1. The highest BCUT2D eigenvalue weighted by atomic mass is 16.2. The molecule has 1 aliphatic rings. The first-order valence-corrected chi connectivity index (χ1v) is 9.60. The molecule has 2 heteroatoms. The van der Waals surface area contributed by atoms with Gasteiger partial charge in [0.05, 0.1) is 0 Å². The lowest BCUT2D eigenvalue weighted by molar-refractivity contribution is 0.0974. The molecule has 0 spiro atoms. The zero-order chi connectivity index (χ0) is 19.0. The van der Waals surface area contributed by atoms with E-state index >= 15 is 0 Å². The molecule has 136 valence electrons. The summed E-state index contributed by atoms with van der Waals surface area (Å²) >= 11 is 0. The third kappa shape index (κ3) is 3.28. The van der Waals surface area contributed by atoms with E-state index in [1.807, 2.05) is 36.1 Å². The molecule has 1 heterocycles. The molecule has 0 N–H and O–H groups in total. The van der Waals surface area contributed by atoms with Gasteiger partial charge in [0.2, 0.25) is 0 Å². The second kappa shape index (κ2) is 7.03. The molecule has 0 saturated carbocycles. The number of amides is 1. The molecule has 0 saturated heterocycles. The van der Waals surface area contributed by atoms with Gasteiger partial charge in [0.1, 0.15) is 0 Å². The molecule has 3 aromatic carbocycles. The van der Waals surface area contributed by atoms with E-state index < -0.39 is 0 Å². The third-order valence-electron chi connectivity index (χ3n) is 5.55. The molecule has 0 fully saturated rings.